The number of benzene rings is 1. The van der Waals surface area contributed by atoms with E-state index in [0.717, 1.165) is 51.1 Å². The summed E-state index contributed by atoms with van der Waals surface area (Å²) in [5.74, 6) is 0.365. The van der Waals surface area contributed by atoms with Crippen LogP contribution in [0.4, 0.5) is 0 Å². The number of piperidine rings is 1. The Balaban J connectivity index is 1.32. The van der Waals surface area contributed by atoms with Crippen LogP contribution in [-0.2, 0) is 11.3 Å². The van der Waals surface area contributed by atoms with Crippen LogP contribution in [0.15, 0.2) is 24.3 Å². The zero-order valence-corrected chi connectivity index (χ0v) is 18.2. The van der Waals surface area contributed by atoms with Gasteiger partial charge in [-0.1, -0.05) is 12.1 Å². The molecule has 2 aliphatic heterocycles. The molecule has 0 aliphatic carbocycles. The molecule has 2 N–H and O–H groups in total. The molecular weight excluding hydrogens is 368 g/mol. The van der Waals surface area contributed by atoms with E-state index < -0.39 is 0 Å². The smallest absolute Gasteiger partial charge is 0.281 e. The molecule has 5 nitrogen and oxygen atoms in total. The van der Waals surface area contributed by atoms with E-state index in [0.29, 0.717) is 18.0 Å². The van der Waals surface area contributed by atoms with E-state index >= 15 is 0 Å². The molecule has 0 unspecified atom stereocenters. The van der Waals surface area contributed by atoms with Gasteiger partial charge in [0.15, 0.2) is 6.04 Å². The number of likely N-dealkylation sites (tertiary alicyclic amines) is 1. The molecule has 1 amide bonds. The van der Waals surface area contributed by atoms with Crippen molar-refractivity contribution < 1.29 is 14.6 Å². The number of amides is 1. The minimum atomic E-state index is 0.0759. The number of nitrogens with zero attached hydrogens (tertiary/aromatic N) is 2. The zero-order valence-electron chi connectivity index (χ0n) is 17.4. The lowest BCUT2D eigenvalue weighted by molar-refractivity contribution is -1.02. The highest BCUT2D eigenvalue weighted by molar-refractivity contribution is 7.18. The number of fused-ring (bicyclic) bond motifs is 1. The minimum absolute atomic E-state index is 0.0759. The Kier molecular flexibility index (Phi) is 5.99. The van der Waals surface area contributed by atoms with Crippen LogP contribution in [0.5, 0.6) is 0 Å². The first-order valence-corrected chi connectivity index (χ1v) is 11.7. The van der Waals surface area contributed by atoms with E-state index in [1.807, 2.05) is 11.3 Å². The Morgan fingerprint density at radius 1 is 1.18 bits per heavy atom. The van der Waals surface area contributed by atoms with Crippen molar-refractivity contribution in [3.8, 4) is 0 Å². The SMILES string of the molecule is C[C@H](C(=O)N1[C@@H](C)CCC[C@@H]1C)[NH+]1CC[NH+](Cc2nc3ccccc3s2)CC1. The standard InChI is InChI=1S/C22H32N4OS/c1-16-7-6-8-17(2)26(16)22(27)18(3)25-13-11-24(12-14-25)15-21-23-19-9-4-5-10-20(19)28-21/h4-5,9-10,16-18H,6-8,11-15H2,1-3H3/p+2/t16-,17-,18+/m0/s1. The molecule has 1 aromatic heterocycles. The summed E-state index contributed by atoms with van der Waals surface area (Å²) in [7, 11) is 0. The molecule has 4 rings (SSSR count). The molecule has 6 heteroatoms. The van der Waals surface area contributed by atoms with Gasteiger partial charge in [0.05, 0.1) is 10.2 Å². The van der Waals surface area contributed by atoms with Gasteiger partial charge in [0.25, 0.3) is 5.91 Å². The molecule has 28 heavy (non-hydrogen) atoms. The Morgan fingerprint density at radius 3 is 2.54 bits per heavy atom. The van der Waals surface area contributed by atoms with Crippen molar-refractivity contribution in [3.63, 3.8) is 0 Å². The molecule has 0 radical (unpaired) electrons. The van der Waals surface area contributed by atoms with Gasteiger partial charge in [0, 0.05) is 12.1 Å². The number of piperazine rings is 1. The monoisotopic (exact) mass is 402 g/mol. The Labute approximate surface area is 172 Å². The summed E-state index contributed by atoms with van der Waals surface area (Å²) in [6.07, 6.45) is 3.55. The number of rotatable bonds is 4. The lowest BCUT2D eigenvalue weighted by Gasteiger charge is -2.42. The Morgan fingerprint density at radius 2 is 1.86 bits per heavy atom. The highest BCUT2D eigenvalue weighted by atomic mass is 32.1. The number of carbonyl (C=O) groups is 1. The van der Waals surface area contributed by atoms with Gasteiger partial charge in [-0.15, -0.1) is 11.3 Å². The second-order valence-electron chi connectivity index (χ2n) is 8.76. The molecular formula is C22H34N4OS+2. The van der Waals surface area contributed by atoms with Crippen LogP contribution in [0.2, 0.25) is 0 Å². The largest absolute Gasteiger partial charge is 0.332 e. The molecule has 3 heterocycles. The van der Waals surface area contributed by atoms with Crippen molar-refractivity contribution in [3.05, 3.63) is 29.3 Å². The number of quaternary nitrogens is 2. The van der Waals surface area contributed by atoms with Crippen molar-refractivity contribution in [2.75, 3.05) is 26.2 Å². The summed E-state index contributed by atoms with van der Waals surface area (Å²) in [5, 5.41) is 1.24. The fourth-order valence-corrected chi connectivity index (χ4v) is 6.04. The fourth-order valence-electron chi connectivity index (χ4n) is 5.00. The number of hydrogen-bond acceptors (Lipinski definition) is 3. The minimum Gasteiger partial charge on any atom is -0.332 e. The highest BCUT2D eigenvalue weighted by Gasteiger charge is 2.38. The lowest BCUT2D eigenvalue weighted by atomic mass is 9.96. The van der Waals surface area contributed by atoms with Crippen LogP contribution in [0.3, 0.4) is 0 Å². The maximum absolute atomic E-state index is 13.2. The predicted octanol–water partition coefficient (Wildman–Crippen LogP) is 0.758. The van der Waals surface area contributed by atoms with Crippen molar-refractivity contribution in [1.29, 1.82) is 0 Å². The third-order valence-corrected chi connectivity index (χ3v) is 7.81. The van der Waals surface area contributed by atoms with Crippen molar-refractivity contribution in [1.82, 2.24) is 9.88 Å². The third kappa shape index (κ3) is 4.09. The number of aromatic nitrogens is 1. The molecule has 2 saturated heterocycles. The van der Waals surface area contributed by atoms with Gasteiger partial charge < -0.3 is 14.7 Å². The van der Waals surface area contributed by atoms with Crippen LogP contribution in [-0.4, -0.2) is 60.1 Å². The van der Waals surface area contributed by atoms with Crippen LogP contribution in [0, 0.1) is 0 Å². The van der Waals surface area contributed by atoms with Crippen LogP contribution < -0.4 is 9.80 Å². The summed E-state index contributed by atoms with van der Waals surface area (Å²) >= 11 is 1.82. The van der Waals surface area contributed by atoms with Crippen LogP contribution >= 0.6 is 11.3 Å². The molecule has 0 spiro atoms. The maximum Gasteiger partial charge on any atom is 0.281 e. The molecule has 0 bridgehead atoms. The maximum atomic E-state index is 13.2. The predicted molar refractivity (Wildman–Crippen MR) is 114 cm³/mol. The fraction of sp³-hybridized carbons (Fsp3) is 0.636. The molecule has 3 atom stereocenters. The van der Waals surface area contributed by atoms with Crippen LogP contribution in [0.1, 0.15) is 45.0 Å². The summed E-state index contributed by atoms with van der Waals surface area (Å²) in [6, 6.07) is 9.26. The van der Waals surface area contributed by atoms with Gasteiger partial charge in [-0.2, -0.15) is 0 Å². The number of nitrogens with one attached hydrogen (secondary N) is 2. The Bertz CT molecular complexity index is 771. The van der Waals surface area contributed by atoms with Crippen LogP contribution in [0.25, 0.3) is 10.2 Å². The van der Waals surface area contributed by atoms with E-state index in [4.69, 9.17) is 4.98 Å². The van der Waals surface area contributed by atoms with E-state index in [-0.39, 0.29) is 6.04 Å². The van der Waals surface area contributed by atoms with E-state index in [9.17, 15) is 4.79 Å². The first-order chi connectivity index (χ1) is 13.5. The molecule has 1 aromatic carbocycles. The van der Waals surface area contributed by atoms with E-state index in [2.05, 4.69) is 49.9 Å². The molecule has 2 aromatic rings. The average Bonchev–Trinajstić information content (AvgIpc) is 3.10. The van der Waals surface area contributed by atoms with Gasteiger partial charge in [-0.3, -0.25) is 4.79 Å². The van der Waals surface area contributed by atoms with Gasteiger partial charge in [0.1, 0.15) is 37.7 Å². The Hall–Kier alpha value is -1.50. The third-order valence-electron chi connectivity index (χ3n) is 6.77. The summed E-state index contributed by atoms with van der Waals surface area (Å²) in [4.78, 5) is 23.2. The lowest BCUT2D eigenvalue weighted by Crippen LogP contribution is -3.29. The van der Waals surface area contributed by atoms with E-state index in [1.54, 1.807) is 4.90 Å². The number of para-hydroxylation sites is 1. The summed E-state index contributed by atoms with van der Waals surface area (Å²) in [6.45, 7) is 12.0. The van der Waals surface area contributed by atoms with Gasteiger partial charge in [-0.25, -0.2) is 4.98 Å². The zero-order chi connectivity index (χ0) is 19.7. The first-order valence-electron chi connectivity index (χ1n) is 10.9. The van der Waals surface area contributed by atoms with E-state index in [1.165, 1.54) is 21.0 Å². The normalized spacial score (nSPS) is 29.8. The summed E-state index contributed by atoms with van der Waals surface area (Å²) < 4.78 is 1.28. The van der Waals surface area contributed by atoms with Crippen molar-refractivity contribution in [2.45, 2.75) is 64.7 Å². The van der Waals surface area contributed by atoms with Gasteiger partial charge in [0.2, 0.25) is 0 Å². The van der Waals surface area contributed by atoms with Crippen molar-refractivity contribution >= 4 is 27.5 Å². The second-order valence-corrected chi connectivity index (χ2v) is 9.87. The molecule has 2 aliphatic rings. The first kappa shape index (κ1) is 19.8. The second kappa shape index (κ2) is 8.47. The van der Waals surface area contributed by atoms with Crippen molar-refractivity contribution in [2.24, 2.45) is 0 Å². The summed E-state index contributed by atoms with van der Waals surface area (Å²) in [5.41, 5.74) is 1.12. The van der Waals surface area contributed by atoms with Gasteiger partial charge >= 0.3 is 0 Å². The topological polar surface area (TPSA) is 42.1 Å². The number of carbonyl (C=O) groups excluding carboxylic acids is 1. The van der Waals surface area contributed by atoms with Gasteiger partial charge in [-0.05, 0) is 52.2 Å². The average molecular weight is 403 g/mol. The number of hydrogen-bond donors (Lipinski definition) is 2. The highest BCUT2D eigenvalue weighted by Crippen LogP contribution is 2.23. The number of thiazole rings is 1. The molecule has 152 valence electrons. The molecule has 0 saturated carbocycles. The molecule has 2 fully saturated rings. The quantitative estimate of drug-likeness (QED) is 0.793.